The number of nitrogens with two attached hydrogens (primary N) is 1. The van der Waals surface area contributed by atoms with E-state index in [-0.39, 0.29) is 0 Å². The second kappa shape index (κ2) is 22.4. The van der Waals surface area contributed by atoms with Gasteiger partial charge in [-0.3, -0.25) is 19.8 Å². The summed E-state index contributed by atoms with van der Waals surface area (Å²) in [7, 11) is -1.35. The van der Waals surface area contributed by atoms with E-state index in [4.69, 9.17) is 5.73 Å². The molecule has 0 saturated heterocycles. The van der Waals surface area contributed by atoms with E-state index in [1.165, 1.54) is 26.5 Å². The zero-order valence-corrected chi connectivity index (χ0v) is 33.4. The number of aldehydes is 1. The van der Waals surface area contributed by atoms with Crippen LogP contribution in [0.25, 0.3) is 0 Å². The average Bonchev–Trinajstić information content (AvgIpc) is 3.30. The van der Waals surface area contributed by atoms with E-state index >= 15 is 0 Å². The van der Waals surface area contributed by atoms with Crippen molar-refractivity contribution in [1.29, 1.82) is 0 Å². The minimum atomic E-state index is -0.704. The van der Waals surface area contributed by atoms with Crippen LogP contribution in [-0.4, -0.2) is 22.5 Å². The van der Waals surface area contributed by atoms with E-state index in [2.05, 4.69) is 154 Å². The highest BCUT2D eigenvalue weighted by atomic mass is 31.1. The third kappa shape index (κ3) is 11.9. The zero-order valence-electron chi connectivity index (χ0n) is 31.6. The largest absolute Gasteiger partial charge is 0.325 e. The first-order valence-corrected chi connectivity index (χ1v) is 21.4. The van der Waals surface area contributed by atoms with Gasteiger partial charge in [-0.1, -0.05) is 182 Å². The molecule has 0 fully saturated rings. The molecule has 0 radical (unpaired) electrons. The molecular formula is C50H44N4OP2. The van der Waals surface area contributed by atoms with Crippen molar-refractivity contribution in [3.63, 3.8) is 0 Å². The molecule has 0 aliphatic carbocycles. The van der Waals surface area contributed by atoms with E-state index in [1.54, 1.807) is 6.20 Å². The van der Waals surface area contributed by atoms with Gasteiger partial charge in [0.2, 0.25) is 0 Å². The molecule has 0 amide bonds. The maximum Gasteiger partial charge on any atom is 0.150 e. The summed E-state index contributed by atoms with van der Waals surface area (Å²) in [4.78, 5) is 24.4. The molecule has 0 spiro atoms. The first-order valence-electron chi connectivity index (χ1n) is 18.7. The van der Waals surface area contributed by atoms with E-state index in [9.17, 15) is 4.79 Å². The van der Waals surface area contributed by atoms with Gasteiger partial charge in [0.25, 0.3) is 0 Å². The van der Waals surface area contributed by atoms with E-state index in [0.717, 1.165) is 34.1 Å². The third-order valence-electron chi connectivity index (χ3n) is 8.68. The summed E-state index contributed by atoms with van der Waals surface area (Å²) in [5, 5.41) is 7.63. The van der Waals surface area contributed by atoms with Crippen LogP contribution in [0.3, 0.4) is 0 Å². The molecule has 2 aromatic heterocycles. The van der Waals surface area contributed by atoms with Crippen molar-refractivity contribution < 1.29 is 4.79 Å². The molecule has 57 heavy (non-hydrogen) atoms. The van der Waals surface area contributed by atoms with Gasteiger partial charge in [-0.25, -0.2) is 0 Å². The number of carbonyl (C=O) groups is 1. The molecule has 280 valence electrons. The first kappa shape index (κ1) is 40.4. The molecule has 2 heterocycles. The Morgan fingerprint density at radius 1 is 0.439 bits per heavy atom. The summed E-state index contributed by atoms with van der Waals surface area (Å²) in [5.74, 6) is 0. The minimum absolute atomic E-state index is 0.529. The fraction of sp³-hybridized carbons (Fsp3) is 0.0400. The maximum absolute atomic E-state index is 11.4. The number of pyridine rings is 2. The van der Waals surface area contributed by atoms with Gasteiger partial charge < -0.3 is 5.73 Å². The summed E-state index contributed by atoms with van der Waals surface area (Å²) in [6, 6.07) is 70.4. The Hall–Kier alpha value is -6.22. The SMILES string of the molecule is C(=NCc1ccccn1)c1ccccc1P(c1ccccc1)c1ccccc1.NCc1ccccn1.O=Cc1ccccc1P(c1ccccc1)c1ccccc1. The first-order chi connectivity index (χ1) is 28.2. The molecule has 8 aromatic rings. The fourth-order valence-electron chi connectivity index (χ4n) is 6.00. The summed E-state index contributed by atoms with van der Waals surface area (Å²) < 4.78 is 0. The number of nitrogens with zero attached hydrogens (tertiary/aromatic N) is 3. The second-order valence-electron chi connectivity index (χ2n) is 12.6. The van der Waals surface area contributed by atoms with Crippen LogP contribution in [0.2, 0.25) is 0 Å². The quantitative estimate of drug-likeness (QED) is 0.0815. The number of rotatable bonds is 11. The number of carbonyl (C=O) groups excluding carboxylic acids is 1. The van der Waals surface area contributed by atoms with Gasteiger partial charge >= 0.3 is 0 Å². The predicted molar refractivity (Wildman–Crippen MR) is 243 cm³/mol. The monoisotopic (exact) mass is 778 g/mol. The maximum atomic E-state index is 11.4. The molecule has 5 nitrogen and oxygen atoms in total. The van der Waals surface area contributed by atoms with E-state index in [0.29, 0.717) is 13.1 Å². The lowest BCUT2D eigenvalue weighted by molar-refractivity contribution is 0.112. The van der Waals surface area contributed by atoms with Crippen LogP contribution in [0.5, 0.6) is 0 Å². The smallest absolute Gasteiger partial charge is 0.150 e. The highest BCUT2D eigenvalue weighted by Gasteiger charge is 2.19. The van der Waals surface area contributed by atoms with E-state index in [1.807, 2.05) is 79.1 Å². The highest BCUT2D eigenvalue weighted by Crippen LogP contribution is 2.34. The Morgan fingerprint density at radius 3 is 1.19 bits per heavy atom. The summed E-state index contributed by atoms with van der Waals surface area (Å²) in [6.45, 7) is 1.12. The van der Waals surface area contributed by atoms with Gasteiger partial charge in [0.15, 0.2) is 6.29 Å². The normalized spacial score (nSPS) is 10.6. The Balaban J connectivity index is 0.000000166. The topological polar surface area (TPSA) is 81.2 Å². The van der Waals surface area contributed by atoms with Gasteiger partial charge in [0, 0.05) is 36.3 Å². The molecule has 6 aromatic carbocycles. The lowest BCUT2D eigenvalue weighted by Gasteiger charge is -2.21. The van der Waals surface area contributed by atoms with Crippen LogP contribution in [0.1, 0.15) is 27.3 Å². The summed E-state index contributed by atoms with van der Waals surface area (Å²) in [5.41, 5.74) is 9.14. The summed E-state index contributed by atoms with van der Waals surface area (Å²) in [6.07, 6.45) is 6.49. The van der Waals surface area contributed by atoms with Gasteiger partial charge in [0.1, 0.15) is 0 Å². The number of benzene rings is 6. The molecule has 0 bridgehead atoms. The fourth-order valence-corrected chi connectivity index (χ4v) is 10.8. The van der Waals surface area contributed by atoms with Gasteiger partial charge in [-0.05, 0) is 71.9 Å². The van der Waals surface area contributed by atoms with Gasteiger partial charge in [0.05, 0.1) is 17.9 Å². The minimum Gasteiger partial charge on any atom is -0.325 e. The van der Waals surface area contributed by atoms with Crippen molar-refractivity contribution in [3.8, 4) is 0 Å². The van der Waals surface area contributed by atoms with Crippen LogP contribution in [0.15, 0.2) is 224 Å². The Morgan fingerprint density at radius 2 is 0.807 bits per heavy atom. The molecule has 2 N–H and O–H groups in total. The van der Waals surface area contributed by atoms with Crippen molar-refractivity contribution in [2.45, 2.75) is 13.1 Å². The molecule has 0 unspecified atom stereocenters. The molecule has 8 rings (SSSR count). The van der Waals surface area contributed by atoms with Gasteiger partial charge in [-0.15, -0.1) is 0 Å². The van der Waals surface area contributed by atoms with Gasteiger partial charge in [-0.2, -0.15) is 0 Å². The summed E-state index contributed by atoms with van der Waals surface area (Å²) >= 11 is 0. The van der Waals surface area contributed by atoms with Crippen LogP contribution >= 0.6 is 15.8 Å². The number of aliphatic imine (C=N–C) groups is 1. The average molecular weight is 779 g/mol. The van der Waals surface area contributed by atoms with Crippen LogP contribution in [0, 0.1) is 0 Å². The molecule has 0 saturated carbocycles. The second-order valence-corrected chi connectivity index (χ2v) is 16.9. The molecule has 7 heteroatoms. The Kier molecular flexibility index (Phi) is 15.9. The van der Waals surface area contributed by atoms with Crippen molar-refractivity contribution >= 4 is 60.2 Å². The van der Waals surface area contributed by atoms with Crippen molar-refractivity contribution in [2.75, 3.05) is 0 Å². The highest BCUT2D eigenvalue weighted by molar-refractivity contribution is 7.80. The van der Waals surface area contributed by atoms with E-state index < -0.39 is 15.8 Å². The van der Waals surface area contributed by atoms with Crippen molar-refractivity contribution in [2.24, 2.45) is 10.7 Å². The molecule has 0 aliphatic heterocycles. The number of hydrogen-bond acceptors (Lipinski definition) is 5. The lowest BCUT2D eigenvalue weighted by Crippen LogP contribution is -2.23. The standard InChI is InChI=1S/C25H21N2P.C19H15OP.C6H8N2/c1-3-13-23(14-4-1)28(24-15-5-2-6-16-24)25-17-8-7-11-21(25)19-26-20-22-12-9-10-18-27-22;20-15-16-9-7-8-14-19(16)21(17-10-3-1-4-11-17)18-12-5-2-6-13-18;7-5-6-3-1-2-4-8-6/h1-19H,20H2;1-15H;1-4H,5,7H2. The molecule has 0 atom stereocenters. The van der Waals surface area contributed by atoms with Crippen LogP contribution in [-0.2, 0) is 13.1 Å². The Bertz CT molecular complexity index is 2310. The predicted octanol–water partition coefficient (Wildman–Crippen LogP) is 8.26. The Labute approximate surface area is 338 Å². The van der Waals surface area contributed by atoms with Crippen LogP contribution in [0.4, 0.5) is 0 Å². The zero-order chi connectivity index (χ0) is 39.3. The number of aromatic nitrogens is 2. The lowest BCUT2D eigenvalue weighted by atomic mass is 10.2. The number of hydrogen-bond donors (Lipinski definition) is 1. The molecular weight excluding hydrogens is 735 g/mol. The van der Waals surface area contributed by atoms with Crippen molar-refractivity contribution in [1.82, 2.24) is 9.97 Å². The van der Waals surface area contributed by atoms with Crippen molar-refractivity contribution in [3.05, 3.63) is 241 Å². The molecule has 0 aliphatic rings. The third-order valence-corrected chi connectivity index (χ3v) is 13.7. The van der Waals surface area contributed by atoms with Crippen LogP contribution < -0.4 is 37.6 Å².